The zero-order valence-corrected chi connectivity index (χ0v) is 18.9. The summed E-state index contributed by atoms with van der Waals surface area (Å²) in [7, 11) is 0. The van der Waals surface area contributed by atoms with Crippen molar-refractivity contribution < 1.29 is 9.53 Å². The lowest BCUT2D eigenvalue weighted by molar-refractivity contribution is -0.121. The van der Waals surface area contributed by atoms with Gasteiger partial charge in [0.05, 0.1) is 9.93 Å². The number of aromatic nitrogens is 2. The average Bonchev–Trinajstić information content (AvgIpc) is 3.00. The van der Waals surface area contributed by atoms with Crippen molar-refractivity contribution in [3.05, 3.63) is 86.1 Å². The summed E-state index contributed by atoms with van der Waals surface area (Å²) >= 11 is 18.6. The molecule has 1 saturated heterocycles. The number of nitrogens with zero attached hydrogens (tertiary/aromatic N) is 3. The number of hydrogen-bond acceptors (Lipinski definition) is 6. The van der Waals surface area contributed by atoms with Crippen molar-refractivity contribution in [3.8, 4) is 11.6 Å². The predicted octanol–water partition coefficient (Wildman–Crippen LogP) is 5.18. The van der Waals surface area contributed by atoms with Gasteiger partial charge >= 0.3 is 0 Å². The molecule has 0 bridgehead atoms. The van der Waals surface area contributed by atoms with Crippen LogP contribution in [0.1, 0.15) is 5.56 Å². The van der Waals surface area contributed by atoms with Gasteiger partial charge < -0.3 is 4.74 Å². The Bertz CT molecular complexity index is 1340. The monoisotopic (exact) mass is 489 g/mol. The van der Waals surface area contributed by atoms with Gasteiger partial charge in [-0.25, -0.2) is 0 Å². The highest BCUT2D eigenvalue weighted by Crippen LogP contribution is 2.35. The number of thiocarbonyl (C=S) groups is 1. The maximum Gasteiger partial charge on any atom is 0.269 e. The fourth-order valence-electron chi connectivity index (χ4n) is 2.86. The third-order valence-corrected chi connectivity index (χ3v) is 6.20. The predicted molar refractivity (Wildman–Crippen MR) is 128 cm³/mol. The Morgan fingerprint density at radius 2 is 2.03 bits per heavy atom. The highest BCUT2D eigenvalue weighted by Gasteiger charge is 2.32. The van der Waals surface area contributed by atoms with E-state index in [4.69, 9.17) is 40.2 Å². The molecule has 31 heavy (non-hydrogen) atoms. The first-order chi connectivity index (χ1) is 14.9. The lowest BCUT2D eigenvalue weighted by Gasteiger charge is -2.12. The van der Waals surface area contributed by atoms with E-state index >= 15 is 0 Å². The number of halogens is 2. The second kappa shape index (κ2) is 8.84. The molecule has 1 fully saturated rings. The second-order valence-corrected chi connectivity index (χ2v) is 8.84. The number of carbonyl (C=O) groups is 1. The van der Waals surface area contributed by atoms with E-state index in [1.165, 1.54) is 21.4 Å². The van der Waals surface area contributed by atoms with Crippen LogP contribution in [0.2, 0.25) is 10.0 Å². The summed E-state index contributed by atoms with van der Waals surface area (Å²) in [6.45, 7) is 3.92. The van der Waals surface area contributed by atoms with Crippen LogP contribution in [0.3, 0.4) is 0 Å². The first-order valence-electron chi connectivity index (χ1n) is 8.89. The van der Waals surface area contributed by atoms with E-state index in [0.717, 1.165) is 11.8 Å². The molecule has 1 aromatic carbocycles. The average molecular weight is 490 g/mol. The summed E-state index contributed by atoms with van der Waals surface area (Å²) < 4.78 is 7.64. The minimum absolute atomic E-state index is 0.00871. The Kier molecular flexibility index (Phi) is 6.15. The van der Waals surface area contributed by atoms with Crippen LogP contribution in [0.4, 0.5) is 0 Å². The minimum Gasteiger partial charge on any atom is -0.437 e. The molecule has 1 aliphatic rings. The summed E-state index contributed by atoms with van der Waals surface area (Å²) in [5.74, 6) is -0.0375. The maximum atomic E-state index is 13.2. The lowest BCUT2D eigenvalue weighted by Crippen LogP contribution is -2.28. The van der Waals surface area contributed by atoms with Crippen molar-refractivity contribution in [2.75, 3.05) is 6.54 Å². The van der Waals surface area contributed by atoms with E-state index in [1.54, 1.807) is 42.6 Å². The molecule has 10 heteroatoms. The molecule has 6 nitrogen and oxygen atoms in total. The van der Waals surface area contributed by atoms with Gasteiger partial charge in [-0.1, -0.05) is 59.3 Å². The zero-order valence-electron chi connectivity index (χ0n) is 15.7. The number of thioether (sulfide) groups is 1. The fourth-order valence-corrected chi connectivity index (χ4v) is 4.57. The standard InChI is InChI=1S/C21H13Cl2N3O3S2/c1-2-8-26-20(28)16(31-21(26)30)11-13-18(29-15-7-6-12(22)10-14(15)23)24-17-5-3-4-9-25(17)19(13)27/h2-7,9-11H,1,8H2/b16-11+. The van der Waals surface area contributed by atoms with Crippen LogP contribution in [0.25, 0.3) is 11.7 Å². The normalized spacial score (nSPS) is 15.2. The fraction of sp³-hybridized carbons (Fsp3) is 0.0476. The van der Waals surface area contributed by atoms with Crippen molar-refractivity contribution >= 4 is 69.1 Å². The molecule has 0 spiro atoms. The number of carbonyl (C=O) groups excluding carboxylic acids is 1. The van der Waals surface area contributed by atoms with E-state index in [2.05, 4.69) is 11.6 Å². The molecule has 0 atom stereocenters. The van der Waals surface area contributed by atoms with Crippen LogP contribution in [0, 0.1) is 0 Å². The number of benzene rings is 1. The molecule has 0 unspecified atom stereocenters. The zero-order chi connectivity index (χ0) is 22.1. The Balaban J connectivity index is 1.87. The molecule has 3 heterocycles. The molecule has 0 N–H and O–H groups in total. The topological polar surface area (TPSA) is 63.9 Å². The summed E-state index contributed by atoms with van der Waals surface area (Å²) in [6.07, 6.45) is 4.61. The number of ether oxygens (including phenoxy) is 1. The quantitative estimate of drug-likeness (QED) is 0.279. The van der Waals surface area contributed by atoms with Gasteiger partial charge in [-0.2, -0.15) is 4.98 Å². The Hall–Kier alpha value is -2.65. The Morgan fingerprint density at radius 3 is 2.77 bits per heavy atom. The van der Waals surface area contributed by atoms with Gasteiger partial charge in [0.25, 0.3) is 11.5 Å². The van der Waals surface area contributed by atoms with Gasteiger partial charge in [0.1, 0.15) is 21.3 Å². The molecule has 156 valence electrons. The molecule has 0 saturated carbocycles. The van der Waals surface area contributed by atoms with E-state index in [-0.39, 0.29) is 39.6 Å². The van der Waals surface area contributed by atoms with E-state index < -0.39 is 5.56 Å². The first kappa shape index (κ1) is 21.6. The number of hydrogen-bond donors (Lipinski definition) is 0. The minimum atomic E-state index is -0.403. The largest absolute Gasteiger partial charge is 0.437 e. The number of rotatable bonds is 5. The molecular formula is C21H13Cl2N3O3S2. The van der Waals surface area contributed by atoms with Crippen molar-refractivity contribution in [2.45, 2.75) is 0 Å². The summed E-state index contributed by atoms with van der Waals surface area (Å²) in [5, 5.41) is 0.695. The summed E-state index contributed by atoms with van der Waals surface area (Å²) in [4.78, 5) is 32.1. The second-order valence-electron chi connectivity index (χ2n) is 6.32. The van der Waals surface area contributed by atoms with Crippen LogP contribution in [-0.2, 0) is 4.79 Å². The number of pyridine rings is 1. The smallest absolute Gasteiger partial charge is 0.269 e. The SMILES string of the molecule is C=CCN1C(=O)/C(=C\c2c(Oc3ccc(Cl)cc3Cl)nc3ccccn3c2=O)SC1=S. The molecule has 2 aromatic heterocycles. The van der Waals surface area contributed by atoms with Gasteiger partial charge in [0.2, 0.25) is 5.88 Å². The Morgan fingerprint density at radius 1 is 1.23 bits per heavy atom. The molecule has 1 aliphatic heterocycles. The van der Waals surface area contributed by atoms with Crippen molar-refractivity contribution in [3.63, 3.8) is 0 Å². The van der Waals surface area contributed by atoms with Gasteiger partial charge in [-0.05, 0) is 36.4 Å². The Labute approximate surface area is 196 Å². The third-order valence-electron chi connectivity index (χ3n) is 4.30. The summed E-state index contributed by atoms with van der Waals surface area (Å²) in [6, 6.07) is 9.83. The van der Waals surface area contributed by atoms with Gasteiger partial charge in [-0.15, -0.1) is 6.58 Å². The number of fused-ring (bicyclic) bond motifs is 1. The van der Waals surface area contributed by atoms with Crippen LogP contribution in [0.5, 0.6) is 11.6 Å². The first-order valence-corrected chi connectivity index (χ1v) is 10.9. The van der Waals surface area contributed by atoms with Crippen LogP contribution in [-0.4, -0.2) is 31.1 Å². The lowest BCUT2D eigenvalue weighted by atomic mass is 10.2. The van der Waals surface area contributed by atoms with E-state index in [0.29, 0.717) is 15.0 Å². The van der Waals surface area contributed by atoms with Crippen LogP contribution >= 0.6 is 47.2 Å². The van der Waals surface area contributed by atoms with Gasteiger partial charge in [0.15, 0.2) is 0 Å². The molecule has 4 rings (SSSR count). The van der Waals surface area contributed by atoms with Crippen LogP contribution < -0.4 is 10.3 Å². The molecule has 1 amide bonds. The van der Waals surface area contributed by atoms with E-state index in [9.17, 15) is 9.59 Å². The van der Waals surface area contributed by atoms with Crippen molar-refractivity contribution in [1.82, 2.24) is 14.3 Å². The molecule has 0 aliphatic carbocycles. The molecule has 0 radical (unpaired) electrons. The summed E-state index contributed by atoms with van der Waals surface area (Å²) in [5.41, 5.74) is 0.0671. The van der Waals surface area contributed by atoms with Crippen molar-refractivity contribution in [2.24, 2.45) is 0 Å². The van der Waals surface area contributed by atoms with E-state index in [1.807, 2.05) is 0 Å². The number of amides is 1. The van der Waals surface area contributed by atoms with Crippen LogP contribution in [0.15, 0.2) is 64.9 Å². The maximum absolute atomic E-state index is 13.2. The highest BCUT2D eigenvalue weighted by molar-refractivity contribution is 8.26. The van der Waals surface area contributed by atoms with Gasteiger partial charge in [0, 0.05) is 17.8 Å². The third kappa shape index (κ3) is 4.24. The molecular weight excluding hydrogens is 477 g/mol. The van der Waals surface area contributed by atoms with Gasteiger partial charge in [-0.3, -0.25) is 18.9 Å². The van der Waals surface area contributed by atoms with Crippen molar-refractivity contribution in [1.29, 1.82) is 0 Å². The molecule has 3 aromatic rings. The highest BCUT2D eigenvalue weighted by atomic mass is 35.5.